The lowest BCUT2D eigenvalue weighted by atomic mass is 10.3. The fourth-order valence-corrected chi connectivity index (χ4v) is 2.50. The zero-order chi connectivity index (χ0) is 17.5. The molecule has 7 heteroatoms. The zero-order valence-corrected chi connectivity index (χ0v) is 14.3. The first-order valence-corrected chi connectivity index (χ1v) is 8.00. The van der Waals surface area contributed by atoms with Crippen molar-refractivity contribution in [3.8, 4) is 0 Å². The normalized spacial score (nSPS) is 11.0. The molecule has 2 aromatic rings. The molecule has 7 nitrogen and oxygen atoms in total. The van der Waals surface area contributed by atoms with Crippen LogP contribution in [-0.2, 0) is 27.3 Å². The van der Waals surface area contributed by atoms with Gasteiger partial charge in [0.2, 0.25) is 11.8 Å². The van der Waals surface area contributed by atoms with Gasteiger partial charge in [-0.3, -0.25) is 9.59 Å². The third-order valence-corrected chi connectivity index (χ3v) is 3.43. The highest BCUT2D eigenvalue weighted by Crippen LogP contribution is 2.16. The molecule has 2 amide bonds. The van der Waals surface area contributed by atoms with Gasteiger partial charge in [-0.05, 0) is 26.0 Å². The molecule has 1 aromatic carbocycles. The summed E-state index contributed by atoms with van der Waals surface area (Å²) in [6, 6.07) is 7.78. The first-order valence-electron chi connectivity index (χ1n) is 8.00. The van der Waals surface area contributed by atoms with Gasteiger partial charge in [0.15, 0.2) is 0 Å². The number of nitrogens with one attached hydrogen (secondary N) is 2. The molecule has 0 radical (unpaired) electrons. The number of carbonyl (C=O) groups excluding carboxylic acids is 2. The first-order chi connectivity index (χ1) is 11.5. The van der Waals surface area contributed by atoms with Gasteiger partial charge in [-0.15, -0.1) is 0 Å². The zero-order valence-electron chi connectivity index (χ0n) is 14.3. The third kappa shape index (κ3) is 4.79. The van der Waals surface area contributed by atoms with E-state index in [1.165, 1.54) is 7.11 Å². The summed E-state index contributed by atoms with van der Waals surface area (Å²) in [5, 5.41) is 5.66. The number of carbonyl (C=O) groups is 2. The average molecular weight is 332 g/mol. The number of aromatic nitrogens is 2. The number of nitrogens with zero attached hydrogens (tertiary/aromatic N) is 2. The van der Waals surface area contributed by atoms with Gasteiger partial charge in [0.1, 0.15) is 19.0 Å². The minimum atomic E-state index is -0.169. The molecule has 0 atom stereocenters. The summed E-state index contributed by atoms with van der Waals surface area (Å²) in [6.07, 6.45) is 0.541. The Balaban J connectivity index is 2.14. The fourth-order valence-electron chi connectivity index (χ4n) is 2.50. The highest BCUT2D eigenvalue weighted by atomic mass is 16.5. The Hall–Kier alpha value is -2.41. The van der Waals surface area contributed by atoms with Crippen LogP contribution in [0.2, 0.25) is 0 Å². The van der Waals surface area contributed by atoms with Crippen molar-refractivity contribution in [3.05, 3.63) is 30.1 Å². The Bertz CT molecular complexity index is 709. The Labute approximate surface area is 141 Å². The Morgan fingerprint density at radius 1 is 1.25 bits per heavy atom. The van der Waals surface area contributed by atoms with Crippen LogP contribution >= 0.6 is 0 Å². The molecule has 0 aliphatic rings. The highest BCUT2D eigenvalue weighted by molar-refractivity contribution is 5.81. The number of imidazole rings is 1. The van der Waals surface area contributed by atoms with E-state index < -0.39 is 0 Å². The maximum atomic E-state index is 12.1. The maximum Gasteiger partial charge on any atom is 0.245 e. The number of hydrogen-bond acceptors (Lipinski definition) is 4. The Morgan fingerprint density at radius 3 is 2.71 bits per heavy atom. The molecule has 0 aliphatic heterocycles. The molecule has 0 saturated heterocycles. The van der Waals surface area contributed by atoms with E-state index in [4.69, 9.17) is 4.74 Å². The summed E-state index contributed by atoms with van der Waals surface area (Å²) in [5.41, 5.74) is 1.75. The minimum absolute atomic E-state index is 0.0349. The van der Waals surface area contributed by atoms with Crippen molar-refractivity contribution in [1.82, 2.24) is 20.2 Å². The van der Waals surface area contributed by atoms with Crippen LogP contribution in [0.5, 0.6) is 0 Å². The van der Waals surface area contributed by atoms with Crippen molar-refractivity contribution in [2.75, 3.05) is 20.3 Å². The van der Waals surface area contributed by atoms with Gasteiger partial charge in [0, 0.05) is 26.1 Å². The summed E-state index contributed by atoms with van der Waals surface area (Å²) >= 11 is 0. The number of methoxy groups -OCH3 is 1. The number of hydrogen-bond donors (Lipinski definition) is 2. The van der Waals surface area contributed by atoms with Gasteiger partial charge in [-0.1, -0.05) is 12.1 Å². The molecule has 2 N–H and O–H groups in total. The molecule has 2 rings (SSSR count). The van der Waals surface area contributed by atoms with Gasteiger partial charge < -0.3 is 19.9 Å². The van der Waals surface area contributed by atoms with Gasteiger partial charge in [-0.2, -0.15) is 0 Å². The van der Waals surface area contributed by atoms with Crippen molar-refractivity contribution in [1.29, 1.82) is 0 Å². The molecule has 0 fully saturated rings. The number of rotatable bonds is 8. The summed E-state index contributed by atoms with van der Waals surface area (Å²) in [7, 11) is 1.48. The number of ether oxygens (including phenoxy) is 1. The second-order valence-corrected chi connectivity index (χ2v) is 5.86. The van der Waals surface area contributed by atoms with Crippen molar-refractivity contribution < 1.29 is 14.3 Å². The standard InChI is InChI=1S/C17H24N4O3/c1-12(2)19-16(22)10-21-14-7-5-4-6-13(14)20-15(21)8-9-18-17(23)11-24-3/h4-7,12H,8-11H2,1-3H3,(H,18,23)(H,19,22). The predicted octanol–water partition coefficient (Wildman–Crippen LogP) is 0.866. The van der Waals surface area contributed by atoms with E-state index in [0.29, 0.717) is 13.0 Å². The summed E-state index contributed by atoms with van der Waals surface area (Å²) in [5.74, 6) is 0.545. The van der Waals surface area contributed by atoms with Crippen LogP contribution < -0.4 is 10.6 Å². The van der Waals surface area contributed by atoms with Crippen molar-refractivity contribution in [2.24, 2.45) is 0 Å². The molecular formula is C17H24N4O3. The molecule has 0 bridgehead atoms. The SMILES string of the molecule is COCC(=O)NCCc1nc2ccccc2n1CC(=O)NC(C)C. The molecule has 0 spiro atoms. The smallest absolute Gasteiger partial charge is 0.245 e. The van der Waals surface area contributed by atoms with Crippen molar-refractivity contribution >= 4 is 22.8 Å². The monoisotopic (exact) mass is 332 g/mol. The van der Waals surface area contributed by atoms with E-state index >= 15 is 0 Å². The largest absolute Gasteiger partial charge is 0.375 e. The molecule has 24 heavy (non-hydrogen) atoms. The van der Waals surface area contributed by atoms with Crippen LogP contribution in [-0.4, -0.2) is 47.7 Å². The van der Waals surface area contributed by atoms with Crippen LogP contribution in [0.3, 0.4) is 0 Å². The van der Waals surface area contributed by atoms with Crippen LogP contribution in [0.25, 0.3) is 11.0 Å². The highest BCUT2D eigenvalue weighted by Gasteiger charge is 2.14. The van der Waals surface area contributed by atoms with Crippen LogP contribution in [0.1, 0.15) is 19.7 Å². The third-order valence-electron chi connectivity index (χ3n) is 3.43. The second-order valence-electron chi connectivity index (χ2n) is 5.86. The average Bonchev–Trinajstić information content (AvgIpc) is 2.85. The fraction of sp³-hybridized carbons (Fsp3) is 0.471. The van der Waals surface area contributed by atoms with E-state index in [0.717, 1.165) is 16.9 Å². The first kappa shape index (κ1) is 17.9. The quantitative estimate of drug-likeness (QED) is 0.751. The van der Waals surface area contributed by atoms with Gasteiger partial charge in [-0.25, -0.2) is 4.98 Å². The van der Waals surface area contributed by atoms with Gasteiger partial charge in [0.05, 0.1) is 11.0 Å². The van der Waals surface area contributed by atoms with E-state index in [1.807, 2.05) is 42.7 Å². The Kier molecular flexibility index (Phi) is 6.31. The molecule has 1 aromatic heterocycles. The van der Waals surface area contributed by atoms with Crippen molar-refractivity contribution in [3.63, 3.8) is 0 Å². The topological polar surface area (TPSA) is 85.2 Å². The molecule has 0 saturated carbocycles. The van der Waals surface area contributed by atoms with Gasteiger partial charge >= 0.3 is 0 Å². The number of fused-ring (bicyclic) bond motifs is 1. The second kappa shape index (κ2) is 8.44. The van der Waals surface area contributed by atoms with Gasteiger partial charge in [0.25, 0.3) is 0 Å². The number of amides is 2. The van der Waals surface area contributed by atoms with E-state index in [1.54, 1.807) is 0 Å². The molecule has 0 unspecified atom stereocenters. The molecule has 1 heterocycles. The van der Waals surface area contributed by atoms with Crippen LogP contribution in [0.15, 0.2) is 24.3 Å². The van der Waals surface area contributed by atoms with E-state index in [9.17, 15) is 9.59 Å². The Morgan fingerprint density at radius 2 is 2.00 bits per heavy atom. The lowest BCUT2D eigenvalue weighted by molar-refractivity contribution is -0.125. The summed E-state index contributed by atoms with van der Waals surface area (Å²) in [6.45, 7) is 4.54. The molecular weight excluding hydrogens is 308 g/mol. The van der Waals surface area contributed by atoms with Crippen LogP contribution in [0, 0.1) is 0 Å². The summed E-state index contributed by atoms with van der Waals surface area (Å²) < 4.78 is 6.68. The lowest BCUT2D eigenvalue weighted by Gasteiger charge is -2.12. The minimum Gasteiger partial charge on any atom is -0.375 e. The number of benzene rings is 1. The molecule has 130 valence electrons. The van der Waals surface area contributed by atoms with Crippen LogP contribution in [0.4, 0.5) is 0 Å². The summed E-state index contributed by atoms with van der Waals surface area (Å²) in [4.78, 5) is 28.2. The van der Waals surface area contributed by atoms with Crippen molar-refractivity contribution in [2.45, 2.75) is 32.9 Å². The predicted molar refractivity (Wildman–Crippen MR) is 91.6 cm³/mol. The van der Waals surface area contributed by atoms with E-state index in [-0.39, 0.29) is 31.0 Å². The lowest BCUT2D eigenvalue weighted by Crippen LogP contribution is -2.34. The van der Waals surface area contributed by atoms with E-state index in [2.05, 4.69) is 15.6 Å². The maximum absolute atomic E-state index is 12.1. The number of para-hydroxylation sites is 2. The molecule has 0 aliphatic carbocycles.